The normalized spacial score (nSPS) is 17.0. The molecule has 0 saturated carbocycles. The largest absolute Gasteiger partial charge is 0.497 e. The molecule has 25 heavy (non-hydrogen) atoms. The first-order valence-electron chi connectivity index (χ1n) is 7.72. The first-order chi connectivity index (χ1) is 11.5. The van der Waals surface area contributed by atoms with Crippen molar-refractivity contribution in [3.63, 3.8) is 0 Å². The van der Waals surface area contributed by atoms with Crippen molar-refractivity contribution in [2.45, 2.75) is 12.2 Å². The van der Waals surface area contributed by atoms with E-state index in [1.54, 1.807) is 17.4 Å². The summed E-state index contributed by atoms with van der Waals surface area (Å²) in [6.07, 6.45) is -4.40. The Hall–Kier alpha value is -1.28. The summed E-state index contributed by atoms with van der Waals surface area (Å²) < 4.78 is 44.9. The molecule has 1 saturated heterocycles. The van der Waals surface area contributed by atoms with E-state index in [1.807, 2.05) is 16.8 Å². The standard InChI is InChI=1S/C17H19F3N2OS.ClH/c1-23-15-9-13(8-14(10-15)17(18,19)20)16(12-2-7-24-11-12)22-5-3-21-4-6-22;/h2,7-11,16,21H,3-6H2,1H3;1H/t16-;/m0./s1. The summed E-state index contributed by atoms with van der Waals surface area (Å²) in [5.74, 6) is 0.232. The summed E-state index contributed by atoms with van der Waals surface area (Å²) in [5.41, 5.74) is 0.956. The highest BCUT2D eigenvalue weighted by Crippen LogP contribution is 2.37. The fourth-order valence-electron chi connectivity index (χ4n) is 3.05. The van der Waals surface area contributed by atoms with E-state index in [2.05, 4.69) is 10.2 Å². The van der Waals surface area contributed by atoms with Crippen molar-refractivity contribution < 1.29 is 17.9 Å². The first-order valence-corrected chi connectivity index (χ1v) is 8.66. The van der Waals surface area contributed by atoms with Crippen molar-refractivity contribution >= 4 is 23.7 Å². The molecule has 3 rings (SSSR count). The van der Waals surface area contributed by atoms with Crippen LogP contribution in [0.4, 0.5) is 13.2 Å². The van der Waals surface area contributed by atoms with E-state index >= 15 is 0 Å². The summed E-state index contributed by atoms with van der Waals surface area (Å²) in [5, 5.41) is 7.23. The van der Waals surface area contributed by atoms with Crippen LogP contribution in [0.5, 0.6) is 5.75 Å². The number of halogens is 4. The summed E-state index contributed by atoms with van der Waals surface area (Å²) in [6.45, 7) is 3.24. The van der Waals surface area contributed by atoms with Crippen molar-refractivity contribution in [2.75, 3.05) is 33.3 Å². The monoisotopic (exact) mass is 392 g/mol. The van der Waals surface area contributed by atoms with Gasteiger partial charge in [-0.05, 0) is 46.2 Å². The molecule has 0 spiro atoms. The number of benzene rings is 1. The van der Waals surface area contributed by atoms with Crippen LogP contribution in [-0.2, 0) is 6.18 Å². The van der Waals surface area contributed by atoms with Gasteiger partial charge in [0.1, 0.15) is 5.75 Å². The summed E-state index contributed by atoms with van der Waals surface area (Å²) >= 11 is 1.55. The molecule has 2 heterocycles. The molecule has 1 atom stereocenters. The van der Waals surface area contributed by atoms with Crippen LogP contribution in [-0.4, -0.2) is 38.2 Å². The van der Waals surface area contributed by atoms with Gasteiger partial charge in [0.25, 0.3) is 0 Å². The first kappa shape index (κ1) is 20.0. The van der Waals surface area contributed by atoms with Gasteiger partial charge in [-0.15, -0.1) is 12.4 Å². The zero-order valence-corrected chi connectivity index (χ0v) is 15.3. The molecule has 1 aromatic carbocycles. The Kier molecular flexibility index (Phi) is 6.73. The van der Waals surface area contributed by atoms with Crippen LogP contribution in [0.25, 0.3) is 0 Å². The molecular formula is C17H20ClF3N2OS. The fraction of sp³-hybridized carbons (Fsp3) is 0.412. The zero-order valence-electron chi connectivity index (χ0n) is 13.7. The number of nitrogens with one attached hydrogen (secondary N) is 1. The molecule has 1 aliphatic heterocycles. The summed E-state index contributed by atoms with van der Waals surface area (Å²) in [6, 6.07) is 5.78. The number of hydrogen-bond acceptors (Lipinski definition) is 4. The molecule has 0 unspecified atom stereocenters. The third-order valence-electron chi connectivity index (χ3n) is 4.18. The van der Waals surface area contributed by atoms with Crippen molar-refractivity contribution in [3.8, 4) is 5.75 Å². The van der Waals surface area contributed by atoms with Crippen molar-refractivity contribution in [3.05, 3.63) is 51.7 Å². The molecule has 1 N–H and O–H groups in total. The van der Waals surface area contributed by atoms with Gasteiger partial charge >= 0.3 is 6.18 Å². The molecule has 0 radical (unpaired) electrons. The van der Waals surface area contributed by atoms with Gasteiger partial charge in [-0.1, -0.05) is 0 Å². The number of methoxy groups -OCH3 is 1. The molecule has 1 fully saturated rings. The van der Waals surface area contributed by atoms with Crippen molar-refractivity contribution in [1.82, 2.24) is 10.2 Å². The maximum atomic E-state index is 13.3. The number of nitrogens with zero attached hydrogens (tertiary/aromatic N) is 1. The second kappa shape index (κ2) is 8.40. The number of ether oxygens (including phenoxy) is 1. The Morgan fingerprint density at radius 3 is 2.44 bits per heavy atom. The van der Waals surface area contributed by atoms with Gasteiger partial charge in [-0.2, -0.15) is 24.5 Å². The van der Waals surface area contributed by atoms with E-state index in [9.17, 15) is 13.2 Å². The zero-order chi connectivity index (χ0) is 17.2. The average Bonchev–Trinajstić information content (AvgIpc) is 3.09. The lowest BCUT2D eigenvalue weighted by atomic mass is 9.96. The van der Waals surface area contributed by atoms with E-state index < -0.39 is 11.7 Å². The molecule has 0 bridgehead atoms. The lowest BCUT2D eigenvalue weighted by Crippen LogP contribution is -2.45. The molecule has 0 aliphatic carbocycles. The van der Waals surface area contributed by atoms with Crippen LogP contribution in [0.2, 0.25) is 0 Å². The van der Waals surface area contributed by atoms with E-state index in [0.717, 1.165) is 37.8 Å². The molecule has 2 aromatic rings. The predicted molar refractivity (Wildman–Crippen MR) is 95.8 cm³/mol. The van der Waals surface area contributed by atoms with Crippen LogP contribution in [0.3, 0.4) is 0 Å². The maximum Gasteiger partial charge on any atom is 0.416 e. The molecular weight excluding hydrogens is 373 g/mol. The van der Waals surface area contributed by atoms with Crippen LogP contribution in [0.1, 0.15) is 22.7 Å². The third-order valence-corrected chi connectivity index (χ3v) is 4.88. The summed E-state index contributed by atoms with van der Waals surface area (Å²) in [7, 11) is 1.39. The van der Waals surface area contributed by atoms with Crippen LogP contribution < -0.4 is 10.1 Å². The van der Waals surface area contributed by atoms with E-state index in [0.29, 0.717) is 5.56 Å². The Bertz CT molecular complexity index is 673. The maximum absolute atomic E-state index is 13.3. The predicted octanol–water partition coefficient (Wildman–Crippen LogP) is 4.19. The van der Waals surface area contributed by atoms with Crippen molar-refractivity contribution in [1.29, 1.82) is 0 Å². The lowest BCUT2D eigenvalue weighted by molar-refractivity contribution is -0.137. The van der Waals surface area contributed by atoms with Gasteiger partial charge < -0.3 is 10.1 Å². The topological polar surface area (TPSA) is 24.5 Å². The smallest absolute Gasteiger partial charge is 0.416 e. The molecule has 8 heteroatoms. The molecule has 3 nitrogen and oxygen atoms in total. The van der Waals surface area contributed by atoms with Crippen LogP contribution in [0.15, 0.2) is 35.0 Å². The minimum Gasteiger partial charge on any atom is -0.497 e. The highest BCUT2D eigenvalue weighted by Gasteiger charge is 2.33. The second-order valence-electron chi connectivity index (χ2n) is 5.74. The fourth-order valence-corrected chi connectivity index (χ4v) is 3.73. The third kappa shape index (κ3) is 4.67. The number of piperazine rings is 1. The Morgan fingerprint density at radius 1 is 1.16 bits per heavy atom. The molecule has 138 valence electrons. The number of alkyl halides is 3. The minimum atomic E-state index is -4.40. The van der Waals surface area contributed by atoms with Gasteiger partial charge in [-0.3, -0.25) is 4.90 Å². The highest BCUT2D eigenvalue weighted by atomic mass is 35.5. The highest BCUT2D eigenvalue weighted by molar-refractivity contribution is 7.08. The molecule has 0 amide bonds. The molecule has 1 aromatic heterocycles. The number of rotatable bonds is 4. The van der Waals surface area contributed by atoms with Gasteiger partial charge in [0.15, 0.2) is 0 Å². The Morgan fingerprint density at radius 2 is 1.88 bits per heavy atom. The van der Waals surface area contributed by atoms with Crippen LogP contribution >= 0.6 is 23.7 Å². The second-order valence-corrected chi connectivity index (χ2v) is 6.52. The van der Waals surface area contributed by atoms with Gasteiger partial charge in [0.2, 0.25) is 0 Å². The van der Waals surface area contributed by atoms with Gasteiger partial charge in [-0.25, -0.2) is 0 Å². The van der Waals surface area contributed by atoms with Crippen LogP contribution in [0, 0.1) is 0 Å². The SMILES string of the molecule is COc1cc([C@H](c2ccsc2)N2CCNCC2)cc(C(F)(F)F)c1.Cl. The Balaban J connectivity index is 0.00000225. The quantitative estimate of drug-likeness (QED) is 0.844. The number of thiophene rings is 1. The van der Waals surface area contributed by atoms with E-state index in [1.165, 1.54) is 13.2 Å². The summed E-state index contributed by atoms with van der Waals surface area (Å²) in [4.78, 5) is 2.22. The van der Waals surface area contributed by atoms with Crippen molar-refractivity contribution in [2.24, 2.45) is 0 Å². The number of hydrogen-bond donors (Lipinski definition) is 1. The minimum absolute atomic E-state index is 0. The van der Waals surface area contributed by atoms with E-state index in [4.69, 9.17) is 4.74 Å². The van der Waals surface area contributed by atoms with Gasteiger partial charge in [0.05, 0.1) is 18.7 Å². The van der Waals surface area contributed by atoms with E-state index in [-0.39, 0.29) is 24.2 Å². The Labute approximate surface area is 155 Å². The lowest BCUT2D eigenvalue weighted by Gasteiger charge is -2.35. The average molecular weight is 393 g/mol. The van der Waals surface area contributed by atoms with Gasteiger partial charge in [0, 0.05) is 26.2 Å². The molecule has 1 aliphatic rings.